The number of hydrogen-bond donors (Lipinski definition) is 1. The summed E-state index contributed by atoms with van der Waals surface area (Å²) < 4.78 is 7.58. The van der Waals surface area contributed by atoms with Gasteiger partial charge in [-0.1, -0.05) is 0 Å². The molecule has 3 heterocycles. The van der Waals surface area contributed by atoms with E-state index >= 15 is 0 Å². The Morgan fingerprint density at radius 1 is 1.39 bits per heavy atom. The predicted octanol–water partition coefficient (Wildman–Crippen LogP) is 1.95. The summed E-state index contributed by atoms with van der Waals surface area (Å²) in [6.45, 7) is 3.33. The number of nitrogens with one attached hydrogen (secondary N) is 1. The van der Waals surface area contributed by atoms with Crippen LogP contribution in [0.4, 0.5) is 0 Å². The summed E-state index contributed by atoms with van der Waals surface area (Å²) in [4.78, 5) is 14.1. The van der Waals surface area contributed by atoms with Crippen LogP contribution in [0.25, 0.3) is 0 Å². The van der Waals surface area contributed by atoms with Crippen LogP contribution in [0.15, 0.2) is 35.1 Å². The molecule has 0 saturated heterocycles. The molecule has 0 spiro atoms. The first-order valence-corrected chi connectivity index (χ1v) is 8.34. The lowest BCUT2D eigenvalue weighted by Gasteiger charge is -2.33. The number of amides is 1. The van der Waals surface area contributed by atoms with Crippen LogP contribution in [0.5, 0.6) is 0 Å². The fraction of sp³-hybridized carbons (Fsp3) is 0.529. The van der Waals surface area contributed by atoms with Gasteiger partial charge in [0.2, 0.25) is 5.91 Å². The summed E-state index contributed by atoms with van der Waals surface area (Å²) in [6.07, 6.45) is 6.59. The molecular formula is C17H22N4O2. The van der Waals surface area contributed by atoms with Gasteiger partial charge in [-0.15, -0.1) is 0 Å². The maximum absolute atomic E-state index is 11.8. The zero-order valence-electron chi connectivity index (χ0n) is 13.1. The highest BCUT2D eigenvalue weighted by atomic mass is 16.3. The molecule has 6 nitrogen and oxygen atoms in total. The number of carbonyl (C=O) groups excluding carboxylic acids is 1. The van der Waals surface area contributed by atoms with Gasteiger partial charge in [0.05, 0.1) is 24.5 Å². The molecule has 0 radical (unpaired) electrons. The molecule has 1 atom stereocenters. The minimum atomic E-state index is 0.217. The quantitative estimate of drug-likeness (QED) is 0.885. The van der Waals surface area contributed by atoms with Crippen LogP contribution in [0.3, 0.4) is 0 Å². The highest BCUT2D eigenvalue weighted by Crippen LogP contribution is 2.29. The van der Waals surface area contributed by atoms with Crippen molar-refractivity contribution in [3.63, 3.8) is 0 Å². The first kappa shape index (κ1) is 14.5. The van der Waals surface area contributed by atoms with E-state index in [4.69, 9.17) is 4.42 Å². The molecule has 1 aliphatic carbocycles. The molecule has 1 aliphatic heterocycles. The minimum Gasteiger partial charge on any atom is -0.468 e. The van der Waals surface area contributed by atoms with E-state index in [-0.39, 0.29) is 11.8 Å². The van der Waals surface area contributed by atoms with Gasteiger partial charge in [0.25, 0.3) is 0 Å². The average molecular weight is 314 g/mol. The number of nitrogens with zero attached hydrogens (tertiary/aromatic N) is 3. The largest absolute Gasteiger partial charge is 0.468 e. The van der Waals surface area contributed by atoms with E-state index in [0.29, 0.717) is 12.6 Å². The number of hydrogen-bond acceptors (Lipinski definition) is 4. The van der Waals surface area contributed by atoms with Crippen LogP contribution in [-0.4, -0.2) is 33.7 Å². The maximum atomic E-state index is 11.8. The number of aromatic nitrogens is 2. The molecule has 0 unspecified atom stereocenters. The molecule has 2 aromatic heterocycles. The van der Waals surface area contributed by atoms with Crippen LogP contribution in [0.1, 0.15) is 36.8 Å². The smallest absolute Gasteiger partial charge is 0.223 e. The summed E-state index contributed by atoms with van der Waals surface area (Å²) in [6, 6.07) is 6.30. The van der Waals surface area contributed by atoms with Crippen molar-refractivity contribution in [1.82, 2.24) is 20.0 Å². The fourth-order valence-corrected chi connectivity index (χ4v) is 3.27. The Hall–Kier alpha value is -2.08. The standard InChI is InChI=1S/C17H22N4O2/c22-17(13-3-4-13)18-7-5-14-10-20(12-16-2-1-9-23-16)11-15-6-8-19-21(14)15/h1-2,6,8-9,13-14H,3-5,7,10-12H2,(H,18,22)/t14-/m0/s1. The summed E-state index contributed by atoms with van der Waals surface area (Å²) in [5.41, 5.74) is 1.22. The van der Waals surface area contributed by atoms with Crippen molar-refractivity contribution in [2.24, 2.45) is 5.92 Å². The van der Waals surface area contributed by atoms with Crippen LogP contribution in [0.2, 0.25) is 0 Å². The van der Waals surface area contributed by atoms with Crippen molar-refractivity contribution >= 4 is 5.91 Å². The van der Waals surface area contributed by atoms with E-state index in [1.54, 1.807) is 6.26 Å². The molecule has 23 heavy (non-hydrogen) atoms. The number of fused-ring (bicyclic) bond motifs is 1. The van der Waals surface area contributed by atoms with E-state index in [9.17, 15) is 4.79 Å². The van der Waals surface area contributed by atoms with Crippen molar-refractivity contribution in [1.29, 1.82) is 0 Å². The molecular weight excluding hydrogens is 292 g/mol. The van der Waals surface area contributed by atoms with Gasteiger partial charge < -0.3 is 9.73 Å². The van der Waals surface area contributed by atoms with E-state index in [1.165, 1.54) is 5.69 Å². The molecule has 1 fully saturated rings. The number of carbonyl (C=O) groups is 1. The zero-order chi connectivity index (χ0) is 15.6. The third-order valence-corrected chi connectivity index (χ3v) is 4.64. The maximum Gasteiger partial charge on any atom is 0.223 e. The Bertz CT molecular complexity index is 660. The van der Waals surface area contributed by atoms with Gasteiger partial charge in [0.1, 0.15) is 5.76 Å². The molecule has 2 aliphatic rings. The van der Waals surface area contributed by atoms with Crippen molar-refractivity contribution in [3.05, 3.63) is 42.1 Å². The second kappa shape index (κ2) is 6.20. The lowest BCUT2D eigenvalue weighted by molar-refractivity contribution is -0.122. The molecule has 2 aromatic rings. The second-order valence-corrected chi connectivity index (χ2v) is 6.52. The Morgan fingerprint density at radius 2 is 2.30 bits per heavy atom. The van der Waals surface area contributed by atoms with E-state index in [0.717, 1.165) is 44.7 Å². The number of furan rings is 1. The molecule has 0 aromatic carbocycles. The summed E-state index contributed by atoms with van der Waals surface area (Å²) in [5, 5.41) is 7.53. The van der Waals surface area contributed by atoms with Gasteiger partial charge in [-0.3, -0.25) is 14.4 Å². The van der Waals surface area contributed by atoms with Gasteiger partial charge >= 0.3 is 0 Å². The number of rotatable bonds is 6. The van der Waals surface area contributed by atoms with Crippen molar-refractivity contribution in [2.45, 2.75) is 38.4 Å². The highest BCUT2D eigenvalue weighted by molar-refractivity contribution is 5.80. The van der Waals surface area contributed by atoms with Gasteiger partial charge in [-0.2, -0.15) is 5.10 Å². The molecule has 122 valence electrons. The van der Waals surface area contributed by atoms with Crippen molar-refractivity contribution in [2.75, 3.05) is 13.1 Å². The SMILES string of the molecule is O=C(NCC[C@H]1CN(Cc2ccco2)Cc2ccnn21)C1CC1. The van der Waals surface area contributed by atoms with Gasteiger partial charge in [0, 0.05) is 31.7 Å². The zero-order valence-corrected chi connectivity index (χ0v) is 13.1. The topological polar surface area (TPSA) is 63.3 Å². The molecule has 1 N–H and O–H groups in total. The van der Waals surface area contributed by atoms with Gasteiger partial charge in [0.15, 0.2) is 0 Å². The van der Waals surface area contributed by atoms with Gasteiger partial charge in [-0.25, -0.2) is 0 Å². The molecule has 4 rings (SSSR count). The summed E-state index contributed by atoms with van der Waals surface area (Å²) in [7, 11) is 0. The lowest BCUT2D eigenvalue weighted by Crippen LogP contribution is -2.39. The summed E-state index contributed by atoms with van der Waals surface area (Å²) in [5.74, 6) is 1.48. The third kappa shape index (κ3) is 3.32. The van der Waals surface area contributed by atoms with Crippen molar-refractivity contribution < 1.29 is 9.21 Å². The molecule has 1 saturated carbocycles. The predicted molar refractivity (Wildman–Crippen MR) is 84.4 cm³/mol. The molecule has 1 amide bonds. The van der Waals surface area contributed by atoms with Crippen LogP contribution in [0, 0.1) is 5.92 Å². The van der Waals surface area contributed by atoms with Crippen LogP contribution in [-0.2, 0) is 17.9 Å². The Balaban J connectivity index is 1.37. The van der Waals surface area contributed by atoms with E-state index in [2.05, 4.69) is 26.1 Å². The average Bonchev–Trinajstić information content (AvgIpc) is 3.07. The first-order chi connectivity index (χ1) is 11.3. The van der Waals surface area contributed by atoms with Crippen molar-refractivity contribution in [3.8, 4) is 0 Å². The van der Waals surface area contributed by atoms with E-state index in [1.807, 2.05) is 18.3 Å². The van der Waals surface area contributed by atoms with Gasteiger partial charge in [-0.05, 0) is 37.5 Å². The highest BCUT2D eigenvalue weighted by Gasteiger charge is 2.30. The summed E-state index contributed by atoms with van der Waals surface area (Å²) >= 11 is 0. The molecule has 6 heteroatoms. The van der Waals surface area contributed by atoms with E-state index < -0.39 is 0 Å². The Morgan fingerprint density at radius 3 is 3.09 bits per heavy atom. The Labute approximate surface area is 135 Å². The van der Waals surface area contributed by atoms with Crippen LogP contribution < -0.4 is 5.32 Å². The molecule has 0 bridgehead atoms. The Kier molecular flexibility index (Phi) is 3.91. The monoisotopic (exact) mass is 314 g/mol. The first-order valence-electron chi connectivity index (χ1n) is 8.34. The fourth-order valence-electron chi connectivity index (χ4n) is 3.27. The third-order valence-electron chi connectivity index (χ3n) is 4.64. The lowest BCUT2D eigenvalue weighted by atomic mass is 10.1. The van der Waals surface area contributed by atoms with Crippen LogP contribution >= 0.6 is 0 Å². The normalized spacial score (nSPS) is 21.1. The second-order valence-electron chi connectivity index (χ2n) is 6.52. The minimum absolute atomic E-state index is 0.217.